The Morgan fingerprint density at radius 2 is 2.41 bits per heavy atom. The minimum atomic E-state index is -0.251. The number of hydrogen-bond acceptors (Lipinski definition) is 4. The average Bonchev–Trinajstić information content (AvgIpc) is 2.76. The van der Waals surface area contributed by atoms with E-state index in [1.807, 2.05) is 6.20 Å². The molecular formula is C11H19N3O2S. The highest BCUT2D eigenvalue weighted by Gasteiger charge is 2.05. The molecule has 3 N–H and O–H groups in total. The number of rotatable bonds is 6. The van der Waals surface area contributed by atoms with E-state index < -0.39 is 0 Å². The number of aliphatic hydroxyl groups excluding tert-OH is 1. The molecule has 1 rings (SSSR count). The van der Waals surface area contributed by atoms with Gasteiger partial charge in [-0.2, -0.15) is 0 Å². The van der Waals surface area contributed by atoms with E-state index >= 15 is 0 Å². The molecule has 1 heterocycles. The van der Waals surface area contributed by atoms with Crippen LogP contribution >= 0.6 is 11.3 Å². The molecule has 0 spiro atoms. The van der Waals surface area contributed by atoms with Gasteiger partial charge in [0, 0.05) is 24.0 Å². The molecule has 0 aliphatic heterocycles. The van der Waals surface area contributed by atoms with Gasteiger partial charge in [0.2, 0.25) is 0 Å². The van der Waals surface area contributed by atoms with Gasteiger partial charge in [0.05, 0.1) is 17.7 Å². The van der Waals surface area contributed by atoms with Crippen LogP contribution in [-0.2, 0) is 12.8 Å². The number of nitrogens with zero attached hydrogens (tertiary/aromatic N) is 1. The lowest BCUT2D eigenvalue weighted by Crippen LogP contribution is -2.42. The van der Waals surface area contributed by atoms with Crippen LogP contribution in [0, 0.1) is 0 Å². The molecule has 2 amide bonds. The Bertz CT molecular complexity index is 354. The molecule has 0 aliphatic carbocycles. The van der Waals surface area contributed by atoms with Gasteiger partial charge in [0.25, 0.3) is 0 Å². The number of hydrogen-bond donors (Lipinski definition) is 3. The Morgan fingerprint density at radius 1 is 1.65 bits per heavy atom. The fourth-order valence-electron chi connectivity index (χ4n) is 1.23. The zero-order chi connectivity index (χ0) is 12.7. The van der Waals surface area contributed by atoms with Crippen LogP contribution < -0.4 is 10.6 Å². The number of aryl methyl sites for hydroxylation is 1. The zero-order valence-corrected chi connectivity index (χ0v) is 11.0. The maximum Gasteiger partial charge on any atom is 0.315 e. The highest BCUT2D eigenvalue weighted by atomic mass is 32.1. The molecule has 5 nitrogen and oxygen atoms in total. The van der Waals surface area contributed by atoms with E-state index in [9.17, 15) is 4.79 Å². The first-order valence-corrected chi connectivity index (χ1v) is 6.56. The maximum atomic E-state index is 11.3. The predicted molar refractivity (Wildman–Crippen MR) is 68.3 cm³/mol. The molecule has 0 saturated heterocycles. The van der Waals surface area contributed by atoms with Gasteiger partial charge in [-0.15, -0.1) is 11.3 Å². The standard InChI is InChI=1S/C11H19N3O2S/c1-3-9-6-13-10(17-9)4-5-12-11(16)14-8(2)7-15/h6,8,15H,3-5,7H2,1-2H3,(H2,12,14,16). The molecule has 1 aromatic heterocycles. The molecule has 96 valence electrons. The van der Waals surface area contributed by atoms with Crippen LogP contribution in [0.15, 0.2) is 6.20 Å². The quantitative estimate of drug-likeness (QED) is 0.709. The smallest absolute Gasteiger partial charge is 0.315 e. The van der Waals surface area contributed by atoms with Gasteiger partial charge >= 0.3 is 6.03 Å². The summed E-state index contributed by atoms with van der Waals surface area (Å²) in [4.78, 5) is 16.8. The topological polar surface area (TPSA) is 74.2 Å². The molecule has 6 heteroatoms. The second-order valence-corrected chi connectivity index (χ2v) is 5.01. The van der Waals surface area contributed by atoms with E-state index in [1.54, 1.807) is 18.3 Å². The first kappa shape index (κ1) is 13.9. The second kappa shape index (κ2) is 7.24. The van der Waals surface area contributed by atoms with E-state index in [4.69, 9.17) is 5.11 Å². The van der Waals surface area contributed by atoms with Crippen LogP contribution in [0.25, 0.3) is 0 Å². The highest BCUT2D eigenvalue weighted by molar-refractivity contribution is 7.11. The van der Waals surface area contributed by atoms with Crippen LogP contribution in [0.4, 0.5) is 4.79 Å². The summed E-state index contributed by atoms with van der Waals surface area (Å²) in [5.41, 5.74) is 0. The number of urea groups is 1. The van der Waals surface area contributed by atoms with E-state index in [1.165, 1.54) is 4.88 Å². The first-order valence-electron chi connectivity index (χ1n) is 5.74. The van der Waals surface area contributed by atoms with Crippen molar-refractivity contribution in [2.24, 2.45) is 0 Å². The highest BCUT2D eigenvalue weighted by Crippen LogP contribution is 2.13. The lowest BCUT2D eigenvalue weighted by atomic mass is 10.4. The molecule has 0 radical (unpaired) electrons. The van der Waals surface area contributed by atoms with Gasteiger partial charge in [0.15, 0.2) is 0 Å². The zero-order valence-electron chi connectivity index (χ0n) is 10.2. The van der Waals surface area contributed by atoms with E-state index in [-0.39, 0.29) is 18.7 Å². The Balaban J connectivity index is 2.21. The summed E-state index contributed by atoms with van der Waals surface area (Å²) < 4.78 is 0. The average molecular weight is 257 g/mol. The van der Waals surface area contributed by atoms with Crippen LogP contribution in [0.3, 0.4) is 0 Å². The Kier molecular flexibility index (Phi) is 5.93. The molecule has 17 heavy (non-hydrogen) atoms. The van der Waals surface area contributed by atoms with Gasteiger partial charge < -0.3 is 15.7 Å². The molecule has 1 atom stereocenters. The largest absolute Gasteiger partial charge is 0.394 e. The van der Waals surface area contributed by atoms with Crippen LogP contribution in [0.5, 0.6) is 0 Å². The Hall–Kier alpha value is -1.14. The van der Waals surface area contributed by atoms with Gasteiger partial charge in [-0.3, -0.25) is 0 Å². The summed E-state index contributed by atoms with van der Waals surface area (Å²) in [6.07, 6.45) is 3.62. The number of aliphatic hydroxyl groups is 1. The number of aromatic nitrogens is 1. The van der Waals surface area contributed by atoms with Crippen LogP contribution in [0.2, 0.25) is 0 Å². The minimum absolute atomic E-state index is 0.0558. The normalized spacial score (nSPS) is 12.2. The Morgan fingerprint density at radius 3 is 3.00 bits per heavy atom. The fourth-order valence-corrected chi connectivity index (χ4v) is 2.09. The van der Waals surface area contributed by atoms with Crippen molar-refractivity contribution in [2.45, 2.75) is 32.7 Å². The van der Waals surface area contributed by atoms with Crippen molar-refractivity contribution in [1.29, 1.82) is 0 Å². The minimum Gasteiger partial charge on any atom is -0.394 e. The summed E-state index contributed by atoms with van der Waals surface area (Å²) in [5, 5.41) is 15.1. The third-order valence-electron chi connectivity index (χ3n) is 2.23. The predicted octanol–water partition coefficient (Wildman–Crippen LogP) is 0.928. The summed E-state index contributed by atoms with van der Waals surface area (Å²) in [6, 6.07) is -0.472. The number of carbonyl (C=O) groups excluding carboxylic acids is 1. The number of nitrogens with one attached hydrogen (secondary N) is 2. The van der Waals surface area contributed by atoms with Gasteiger partial charge in [0.1, 0.15) is 0 Å². The van der Waals surface area contributed by atoms with Crippen LogP contribution in [0.1, 0.15) is 23.7 Å². The molecule has 0 saturated carbocycles. The lowest BCUT2D eigenvalue weighted by molar-refractivity contribution is 0.220. The number of thiazole rings is 1. The third-order valence-corrected chi connectivity index (χ3v) is 3.43. The van der Waals surface area contributed by atoms with Crippen molar-refractivity contribution < 1.29 is 9.90 Å². The van der Waals surface area contributed by atoms with Crippen molar-refractivity contribution in [3.8, 4) is 0 Å². The monoisotopic (exact) mass is 257 g/mol. The summed E-state index contributed by atoms with van der Waals surface area (Å²) >= 11 is 1.68. The van der Waals surface area contributed by atoms with Crippen molar-refractivity contribution >= 4 is 17.4 Å². The van der Waals surface area contributed by atoms with E-state index in [2.05, 4.69) is 22.5 Å². The van der Waals surface area contributed by atoms with E-state index in [0.717, 1.165) is 17.8 Å². The molecule has 1 unspecified atom stereocenters. The fraction of sp³-hybridized carbons (Fsp3) is 0.636. The van der Waals surface area contributed by atoms with Gasteiger partial charge in [-0.05, 0) is 13.3 Å². The SMILES string of the molecule is CCc1cnc(CCNC(=O)NC(C)CO)s1. The van der Waals surface area contributed by atoms with Gasteiger partial charge in [-0.25, -0.2) is 9.78 Å². The van der Waals surface area contributed by atoms with Gasteiger partial charge in [-0.1, -0.05) is 6.92 Å². The molecule has 1 aromatic rings. The van der Waals surface area contributed by atoms with E-state index in [0.29, 0.717) is 6.54 Å². The Labute approximate surface area is 105 Å². The maximum absolute atomic E-state index is 11.3. The van der Waals surface area contributed by atoms with Crippen molar-refractivity contribution in [3.63, 3.8) is 0 Å². The molecular weight excluding hydrogens is 238 g/mol. The summed E-state index contributed by atoms with van der Waals surface area (Å²) in [5.74, 6) is 0. The third kappa shape index (κ3) is 5.14. The summed E-state index contributed by atoms with van der Waals surface area (Å²) in [7, 11) is 0. The van der Waals surface area contributed by atoms with Crippen molar-refractivity contribution in [2.75, 3.05) is 13.2 Å². The van der Waals surface area contributed by atoms with Crippen molar-refractivity contribution in [3.05, 3.63) is 16.1 Å². The molecule has 0 aromatic carbocycles. The number of carbonyl (C=O) groups is 1. The lowest BCUT2D eigenvalue weighted by Gasteiger charge is -2.11. The van der Waals surface area contributed by atoms with Crippen LogP contribution in [-0.4, -0.2) is 35.3 Å². The first-order chi connectivity index (χ1) is 8.15. The molecule has 0 aliphatic rings. The molecule has 0 bridgehead atoms. The number of amides is 2. The summed E-state index contributed by atoms with van der Waals surface area (Å²) in [6.45, 7) is 4.34. The van der Waals surface area contributed by atoms with Crippen molar-refractivity contribution in [1.82, 2.24) is 15.6 Å². The second-order valence-electron chi connectivity index (χ2n) is 3.81. The molecule has 0 fully saturated rings.